The van der Waals surface area contributed by atoms with Crippen LogP contribution in [-0.2, 0) is 9.59 Å². The van der Waals surface area contributed by atoms with Crippen LogP contribution in [0.25, 0.3) is 0 Å². The lowest BCUT2D eigenvalue weighted by Gasteiger charge is -2.03. The molecule has 0 heterocycles. The van der Waals surface area contributed by atoms with Crippen LogP contribution in [0.15, 0.2) is 0 Å². The minimum absolute atomic E-state index is 0.345. The van der Waals surface area contributed by atoms with Crippen LogP contribution in [0.4, 0.5) is 0 Å². The molecule has 0 fully saturated rings. The molecule has 0 radical (unpaired) electrons. The molecule has 1 atom stereocenters. The third-order valence-electron chi connectivity index (χ3n) is 4.45. The van der Waals surface area contributed by atoms with E-state index in [0.29, 0.717) is 6.42 Å². The number of carbonyl (C=O) groups is 2. The largest absolute Gasteiger partial charge is 0.481 e. The molecule has 162 valence electrons. The highest BCUT2D eigenvalue weighted by molar-refractivity contribution is 5.71. The Morgan fingerprint density at radius 1 is 0.667 bits per heavy atom. The van der Waals surface area contributed by atoms with Gasteiger partial charge in [-0.3, -0.25) is 4.79 Å². The van der Waals surface area contributed by atoms with E-state index in [9.17, 15) is 9.59 Å². The topological polar surface area (TPSA) is 115 Å². The third kappa shape index (κ3) is 27.2. The zero-order valence-corrected chi connectivity index (χ0v) is 17.2. The molecule has 0 aromatic heterocycles. The Morgan fingerprint density at radius 2 is 1.00 bits per heavy atom. The van der Waals surface area contributed by atoms with Crippen LogP contribution < -0.4 is 0 Å². The van der Waals surface area contributed by atoms with Gasteiger partial charge in [-0.25, -0.2) is 4.79 Å². The zero-order chi connectivity index (χ0) is 20.8. The molecule has 0 aliphatic heterocycles. The first kappa shape index (κ1) is 28.1. The van der Waals surface area contributed by atoms with Gasteiger partial charge in [0.05, 0.1) is 6.61 Å². The number of aliphatic hydroxyl groups is 2. The van der Waals surface area contributed by atoms with Gasteiger partial charge in [0.1, 0.15) is 0 Å². The molecule has 0 saturated heterocycles. The van der Waals surface area contributed by atoms with Crippen LogP contribution in [0, 0.1) is 0 Å². The van der Waals surface area contributed by atoms with Crippen LogP contribution in [0.3, 0.4) is 0 Å². The zero-order valence-electron chi connectivity index (χ0n) is 17.2. The molecule has 0 aromatic rings. The van der Waals surface area contributed by atoms with Crippen LogP contribution in [-0.4, -0.2) is 45.1 Å². The van der Waals surface area contributed by atoms with E-state index in [2.05, 4.69) is 6.92 Å². The molecule has 0 aromatic carbocycles. The molecule has 27 heavy (non-hydrogen) atoms. The van der Waals surface area contributed by atoms with Gasteiger partial charge in [-0.05, 0) is 6.42 Å². The van der Waals surface area contributed by atoms with E-state index in [0.717, 1.165) is 12.8 Å². The Bertz CT molecular complexity index is 333. The maximum Gasteiger partial charge on any atom is 0.334 e. The third-order valence-corrected chi connectivity index (χ3v) is 4.45. The van der Waals surface area contributed by atoms with Gasteiger partial charge in [-0.1, -0.05) is 96.8 Å². The number of aliphatic hydroxyl groups excluding tert-OH is 2. The number of carboxylic acid groups (broad SMARTS) is 2. The van der Waals surface area contributed by atoms with Crippen LogP contribution in [0.1, 0.15) is 110 Å². The summed E-state index contributed by atoms with van der Waals surface area (Å²) < 4.78 is 0. The molecule has 0 bridgehead atoms. The van der Waals surface area contributed by atoms with Crippen molar-refractivity contribution in [1.29, 1.82) is 0 Å². The standard InChI is InChI=1S/C18H36O2.C3H6O4/c1-2-3-4-5-6-7-8-9-10-11-12-13-14-15-16-17-18(19)20;4-1-2(5)3(6)7/h2-17H2,1H3,(H,19,20);2,4-5H,1H2,(H,6,7). The predicted octanol–water partition coefficient (Wildman–Crippen LogP) is 4.76. The van der Waals surface area contributed by atoms with Crippen molar-refractivity contribution < 1.29 is 30.0 Å². The van der Waals surface area contributed by atoms with Crippen LogP contribution in [0.2, 0.25) is 0 Å². The number of carboxylic acids is 2. The van der Waals surface area contributed by atoms with Crippen molar-refractivity contribution in [3.63, 3.8) is 0 Å². The lowest BCUT2D eigenvalue weighted by Crippen LogP contribution is -2.22. The molecule has 0 saturated carbocycles. The molecule has 6 nitrogen and oxygen atoms in total. The maximum atomic E-state index is 10.3. The fourth-order valence-corrected chi connectivity index (χ4v) is 2.73. The van der Waals surface area contributed by atoms with Crippen molar-refractivity contribution in [1.82, 2.24) is 0 Å². The second kappa shape index (κ2) is 22.9. The Morgan fingerprint density at radius 3 is 1.22 bits per heavy atom. The summed E-state index contributed by atoms with van der Waals surface area (Å²) in [4.78, 5) is 19.9. The molecule has 4 N–H and O–H groups in total. The van der Waals surface area contributed by atoms with E-state index in [-0.39, 0.29) is 0 Å². The van der Waals surface area contributed by atoms with Crippen molar-refractivity contribution in [2.75, 3.05) is 6.61 Å². The highest BCUT2D eigenvalue weighted by atomic mass is 16.4. The Labute approximate surface area is 165 Å². The second-order valence-corrected chi connectivity index (χ2v) is 7.13. The molecule has 1 unspecified atom stereocenters. The molecular weight excluding hydrogens is 348 g/mol. The first-order chi connectivity index (χ1) is 13.0. The normalized spacial score (nSPS) is 11.5. The van der Waals surface area contributed by atoms with Gasteiger partial charge < -0.3 is 20.4 Å². The lowest BCUT2D eigenvalue weighted by atomic mass is 10.0. The Hall–Kier alpha value is -1.14. The van der Waals surface area contributed by atoms with Crippen molar-refractivity contribution in [2.45, 2.75) is 116 Å². The van der Waals surface area contributed by atoms with Gasteiger partial charge in [0.2, 0.25) is 0 Å². The summed E-state index contributed by atoms with van der Waals surface area (Å²) in [6, 6.07) is 0. The lowest BCUT2D eigenvalue weighted by molar-refractivity contribution is -0.148. The quantitative estimate of drug-likeness (QED) is 0.251. The first-order valence-corrected chi connectivity index (χ1v) is 10.7. The predicted molar refractivity (Wildman–Crippen MR) is 108 cm³/mol. The number of rotatable bonds is 18. The summed E-state index contributed by atoms with van der Waals surface area (Å²) in [5, 5.41) is 32.2. The number of hydrogen-bond donors (Lipinski definition) is 4. The van der Waals surface area contributed by atoms with Crippen LogP contribution >= 0.6 is 0 Å². The van der Waals surface area contributed by atoms with Gasteiger partial charge in [0, 0.05) is 6.42 Å². The van der Waals surface area contributed by atoms with Crippen molar-refractivity contribution in [3.05, 3.63) is 0 Å². The summed E-state index contributed by atoms with van der Waals surface area (Å²) in [5.41, 5.74) is 0. The summed E-state index contributed by atoms with van der Waals surface area (Å²) in [6.45, 7) is 1.54. The average molecular weight is 391 g/mol. The summed E-state index contributed by atoms with van der Waals surface area (Å²) in [5.74, 6) is -2.05. The van der Waals surface area contributed by atoms with Crippen LogP contribution in [0.5, 0.6) is 0 Å². The molecular formula is C21H42O6. The second-order valence-electron chi connectivity index (χ2n) is 7.13. The number of aliphatic carboxylic acids is 2. The highest BCUT2D eigenvalue weighted by Crippen LogP contribution is 2.13. The van der Waals surface area contributed by atoms with Gasteiger partial charge in [-0.15, -0.1) is 0 Å². The SMILES string of the molecule is CCCCCCCCCCCCCCCCCC(=O)O.O=C(O)C(O)CO. The number of hydrogen-bond acceptors (Lipinski definition) is 4. The van der Waals surface area contributed by atoms with E-state index >= 15 is 0 Å². The summed E-state index contributed by atoms with van der Waals surface area (Å²) in [7, 11) is 0. The Kier molecular flexibility index (Phi) is 23.8. The minimum atomic E-state index is -1.63. The fraction of sp³-hybridized carbons (Fsp3) is 0.905. The maximum absolute atomic E-state index is 10.3. The van der Waals surface area contributed by atoms with Gasteiger partial charge in [-0.2, -0.15) is 0 Å². The van der Waals surface area contributed by atoms with Crippen molar-refractivity contribution >= 4 is 11.9 Å². The fourth-order valence-electron chi connectivity index (χ4n) is 2.73. The molecule has 0 amide bonds. The average Bonchev–Trinajstić information content (AvgIpc) is 2.64. The van der Waals surface area contributed by atoms with E-state index in [1.54, 1.807) is 0 Å². The highest BCUT2D eigenvalue weighted by Gasteiger charge is 2.09. The molecule has 0 spiro atoms. The molecule has 6 heteroatoms. The van der Waals surface area contributed by atoms with Crippen molar-refractivity contribution in [3.8, 4) is 0 Å². The summed E-state index contributed by atoms with van der Waals surface area (Å²) in [6.07, 6.45) is 18.6. The molecule has 0 aliphatic rings. The van der Waals surface area contributed by atoms with E-state index in [1.807, 2.05) is 0 Å². The van der Waals surface area contributed by atoms with Crippen molar-refractivity contribution in [2.24, 2.45) is 0 Å². The van der Waals surface area contributed by atoms with E-state index in [1.165, 1.54) is 83.5 Å². The monoisotopic (exact) mass is 390 g/mol. The summed E-state index contributed by atoms with van der Waals surface area (Å²) >= 11 is 0. The smallest absolute Gasteiger partial charge is 0.334 e. The minimum Gasteiger partial charge on any atom is -0.481 e. The molecule has 0 rings (SSSR count). The van der Waals surface area contributed by atoms with Gasteiger partial charge >= 0.3 is 11.9 Å². The van der Waals surface area contributed by atoms with Gasteiger partial charge in [0.25, 0.3) is 0 Å². The van der Waals surface area contributed by atoms with Gasteiger partial charge in [0.15, 0.2) is 6.10 Å². The van der Waals surface area contributed by atoms with E-state index < -0.39 is 24.6 Å². The molecule has 0 aliphatic carbocycles. The first-order valence-electron chi connectivity index (χ1n) is 10.7. The Balaban J connectivity index is 0. The number of unbranched alkanes of at least 4 members (excludes halogenated alkanes) is 14. The van der Waals surface area contributed by atoms with E-state index in [4.69, 9.17) is 20.4 Å².